The lowest BCUT2D eigenvalue weighted by atomic mass is 9.99. The molecule has 6 amide bonds. The van der Waals surface area contributed by atoms with Crippen molar-refractivity contribution in [2.75, 3.05) is 28.4 Å². The first-order chi connectivity index (χ1) is 61.9. The summed E-state index contributed by atoms with van der Waals surface area (Å²) < 4.78 is 95.2. The zero-order chi connectivity index (χ0) is 100. The van der Waals surface area contributed by atoms with Crippen LogP contribution in [-0.4, -0.2) is 207 Å². The van der Waals surface area contributed by atoms with E-state index < -0.39 is 150 Å². The number of azide groups is 2. The number of likely N-dealkylation sites (N-methyl/N-ethyl adjacent to an activating group) is 1. The molecular formula is C100H170ClF3N14O22Si2. The van der Waals surface area contributed by atoms with Crippen LogP contribution in [0.25, 0.3) is 20.9 Å². The van der Waals surface area contributed by atoms with Crippen LogP contribution < -0.4 is 43.0 Å². The van der Waals surface area contributed by atoms with Crippen LogP contribution in [0.3, 0.4) is 0 Å². The van der Waals surface area contributed by atoms with Gasteiger partial charge in [-0.1, -0.05) is 104 Å². The quantitative estimate of drug-likeness (QED) is 0.0185. The fourth-order valence-corrected chi connectivity index (χ4v) is 21.8. The predicted molar refractivity (Wildman–Crippen MR) is 547 cm³/mol. The molecule has 0 unspecified atom stereocenters. The lowest BCUT2D eigenvalue weighted by Crippen LogP contribution is -2.55. The number of hydrogen-bond acceptors (Lipinski definition) is 26. The molecule has 9 N–H and O–H groups in total. The maximum Gasteiger partial charge on any atom is 0.420 e. The van der Waals surface area contributed by atoms with Gasteiger partial charge in [-0.15, -0.1) is 12.4 Å². The molecule has 0 saturated heterocycles. The van der Waals surface area contributed by atoms with Crippen molar-refractivity contribution in [3.8, 4) is 11.5 Å². The van der Waals surface area contributed by atoms with E-state index in [4.69, 9.17) is 59.5 Å². The predicted octanol–water partition coefficient (Wildman–Crippen LogP) is 20.6. The fourth-order valence-electron chi connectivity index (χ4n) is 19.1. The van der Waals surface area contributed by atoms with Crippen LogP contribution in [0.1, 0.15) is 307 Å². The van der Waals surface area contributed by atoms with Crippen molar-refractivity contribution in [3.05, 3.63) is 112 Å². The number of methoxy groups -OCH3 is 3. The minimum Gasteiger partial charge on any atom is -0.503 e. The maximum atomic E-state index is 13.8. The summed E-state index contributed by atoms with van der Waals surface area (Å²) in [5.74, 6) is -1.36. The number of ether oxygens (including phenoxy) is 7. The minimum absolute atomic E-state index is 0. The van der Waals surface area contributed by atoms with E-state index in [1.165, 1.54) is 42.0 Å². The number of nitrogens with two attached hydrogens (primary N) is 2. The van der Waals surface area contributed by atoms with Gasteiger partial charge in [0.15, 0.2) is 28.1 Å². The molecule has 3 heterocycles. The van der Waals surface area contributed by atoms with E-state index in [0.29, 0.717) is 82.6 Å². The van der Waals surface area contributed by atoms with E-state index in [1.807, 2.05) is 41.5 Å². The Balaban J connectivity index is 0.000000570. The lowest BCUT2D eigenvalue weighted by Gasteiger charge is -2.42. The minimum atomic E-state index is -2.07. The standard InChI is InChI=1S/C22H41NO5Si.C21H18F3N3O4.C12H25NOSi.C11H18N4O2.C11H19NO3.C10H10O7.C6H10N4.7CH4.ClH/c1-20(2,3)26-18(24)23(19(25)27-21(4,5)6)16-13-14-12-15(14)17(16)28-29(10,11)22(7,8)9;1-26-16-10-2-8(10)3-15(16)27-7-12(18(28)19(29)17(27)21(26)31)20(30)25-6-11-13(23)4-9(22)5-14(11)24;1-12(2,3)15(4,5)14-11-9-6-8(9)7-10(11)13;1-11(2,3)17-10(16)13-8-5-6-4-7(6)9(8)14-15-12;1-11(2,3)15-10(14)12-8-5-6-4-7(6)9(8)13;1-14-7-6(11)5(9(12)15-2)4-17-8(7)10(13)16-3;7-5-2-3-1-4(3)6(5)9-10-8;;;;;;;;/h14-17H,12-13H2,1-11H3;4-5,7-8,10,15-16,29H,2-3,6H2,1H3,(H,25,30);8-11H,6-7,13H2,1-5H3;6-9H,4-5H2,1-3H3,(H,13,16);6-9,13H,4-5H2,1-3H3,(H,12,14);4H,1-3H3;3-6H,1-2,7H2;7*1H4;1H/t14-,15-,16-,17-;8-,10-,15-,16+;8-,9-,10-,11-;6-,7-,8-,9+;6-,7-,8-,9-;;3-,4-,5-,6+;;;;;;;;/m00000.0......../s1. The van der Waals surface area contributed by atoms with E-state index in [2.05, 4.69) is 113 Å². The van der Waals surface area contributed by atoms with E-state index in [-0.39, 0.29) is 141 Å². The second kappa shape index (κ2) is 49.3. The molecule has 1 aliphatic heterocycles. The van der Waals surface area contributed by atoms with Crippen LogP contribution in [0.4, 0.5) is 32.3 Å². The molecule has 12 aliphatic carbocycles. The first-order valence-electron chi connectivity index (χ1n) is 46.3. The topological polar surface area (TPSA) is 504 Å². The van der Waals surface area contributed by atoms with Crippen molar-refractivity contribution in [1.82, 2.24) is 30.3 Å². The molecule has 36 nitrogen and oxygen atoms in total. The van der Waals surface area contributed by atoms with Crippen LogP contribution in [0.15, 0.2) is 48.8 Å². The molecule has 0 radical (unpaired) electrons. The summed E-state index contributed by atoms with van der Waals surface area (Å²) in [5, 5.41) is 35.8. The molecule has 24 atom stereocenters. The monoisotopic (exact) mass is 2070 g/mol. The Morgan fingerprint density at radius 2 is 0.965 bits per heavy atom. The lowest BCUT2D eigenvalue weighted by molar-refractivity contribution is -0.0215. The maximum absolute atomic E-state index is 13.8. The van der Waals surface area contributed by atoms with Gasteiger partial charge in [0.2, 0.25) is 16.6 Å². The number of nitrogens with one attached hydrogen (secondary N) is 3. The Hall–Kier alpha value is -9.19. The van der Waals surface area contributed by atoms with Gasteiger partial charge in [-0.05, 0) is 278 Å². The summed E-state index contributed by atoms with van der Waals surface area (Å²) in [7, 11) is 1.37. The molecule has 42 heteroatoms. The van der Waals surface area contributed by atoms with Gasteiger partial charge in [-0.3, -0.25) is 19.2 Å². The number of hydrogen-bond donors (Lipinski definition) is 7. The largest absolute Gasteiger partial charge is 0.503 e. The number of benzene rings is 1. The fraction of sp³-hybridized carbons (Fsp3) is 0.760. The number of aliphatic hydroxyl groups is 1. The van der Waals surface area contributed by atoms with E-state index in [0.717, 1.165) is 96.0 Å². The SMILES string of the molecule is C.C.C.C.C.C.C.CC(C)(C)OC(=O)N(C(=O)OC(C)(C)C)[C@H]1C[C@@H]2C[C@@H]2[C@@H]1O[Si](C)(C)C(C)(C)C.CC(C)(C)OC(=O)N[C@H]1C[C@@H]2C[C@@H]2[C@@H]1O.CC(C)(C)OC(=O)N[C@H]1C[C@@H]2C[C@@H]2[C@H]1N=[N+]=[N-].CC(C)(C)[Si](C)(C)O[C@H]1[C@H]2C[C@H]2C[C@@H]1N.CN1C(=O)c2c(O)c(=O)c(C(=O)NCc3c(F)cc(F)cc3F)cn2[C@H]2C[C@@H]3C[C@@H]3[C@H]21.COC(=O)c1occ(C(=O)OC)c(=O)c1OC.Cl.[N-]=[N+]=N[C@@H]1[C@H]2C[C@H]2C[C@@H]1N. The number of amides is 6. The van der Waals surface area contributed by atoms with E-state index in [1.54, 1.807) is 53.5 Å². The van der Waals surface area contributed by atoms with Crippen LogP contribution in [0, 0.1) is 88.5 Å². The summed E-state index contributed by atoms with van der Waals surface area (Å²) in [6.07, 6.45) is 12.3. The van der Waals surface area contributed by atoms with Gasteiger partial charge in [-0.2, -0.15) is 0 Å². The normalized spacial score (nSPS) is 28.3. The molecule has 13 aliphatic rings. The average molecular weight is 2070 g/mol. The number of pyridine rings is 1. The zero-order valence-electron chi connectivity index (χ0n) is 82.6. The Labute approximate surface area is 846 Å². The molecule has 3 aromatic rings. The number of aromatic nitrogens is 1. The number of carbonyl (C=O) groups is 8. The summed E-state index contributed by atoms with van der Waals surface area (Å²) in [6.45, 7) is 43.7. The third-order valence-corrected chi connectivity index (χ3v) is 37.2. The van der Waals surface area contributed by atoms with Crippen LogP contribution in [-0.2, 0) is 43.8 Å². The number of imide groups is 1. The number of rotatable bonds is 15. The second-order valence-electron chi connectivity index (χ2n) is 45.0. The highest BCUT2D eigenvalue weighted by atomic mass is 35.5. The van der Waals surface area contributed by atoms with Crippen molar-refractivity contribution in [2.24, 2.45) is 92.7 Å². The number of aliphatic hydroxyl groups excluding tert-OH is 1. The number of alkyl carbamates (subject to hydrolysis) is 2. The van der Waals surface area contributed by atoms with E-state index >= 15 is 0 Å². The average Bonchev–Trinajstić information content (AvgIpc) is 1.54. The summed E-state index contributed by atoms with van der Waals surface area (Å²) in [6, 6.07) is 0.646. The molecule has 0 bridgehead atoms. The highest BCUT2D eigenvalue weighted by Gasteiger charge is 2.63. The molecule has 16 rings (SSSR count). The molecule has 12 fully saturated rings. The Morgan fingerprint density at radius 3 is 1.41 bits per heavy atom. The van der Waals surface area contributed by atoms with Crippen LogP contribution >= 0.6 is 12.4 Å². The molecule has 2 aromatic heterocycles. The van der Waals surface area contributed by atoms with Gasteiger partial charge in [-0.25, -0.2) is 46.8 Å². The number of carbonyl (C=O) groups excluding carboxylic acids is 8. The smallest absolute Gasteiger partial charge is 0.420 e. The van der Waals surface area contributed by atoms with Gasteiger partial charge in [0.1, 0.15) is 57.2 Å². The van der Waals surface area contributed by atoms with Gasteiger partial charge < -0.3 is 93.5 Å². The van der Waals surface area contributed by atoms with Gasteiger partial charge in [0, 0.05) is 65.4 Å². The number of aromatic hydroxyl groups is 1. The molecule has 12 saturated carbocycles. The third-order valence-electron chi connectivity index (χ3n) is 28.3. The Kier molecular flexibility index (Phi) is 44.8. The highest BCUT2D eigenvalue weighted by Crippen LogP contribution is 2.61. The second-order valence-corrected chi connectivity index (χ2v) is 54.5. The summed E-state index contributed by atoms with van der Waals surface area (Å²) in [4.78, 5) is 130. The molecule has 142 heavy (non-hydrogen) atoms. The van der Waals surface area contributed by atoms with Crippen molar-refractivity contribution >= 4 is 77.2 Å². The van der Waals surface area contributed by atoms with Crippen molar-refractivity contribution < 1.29 is 108 Å². The zero-order valence-corrected chi connectivity index (χ0v) is 85.5. The molecular weight excluding hydrogens is 1900 g/mol. The number of halogens is 4. The third kappa shape index (κ3) is 31.4. The molecule has 0 spiro atoms. The number of esters is 2. The van der Waals surface area contributed by atoms with Crippen molar-refractivity contribution in [1.29, 1.82) is 0 Å². The van der Waals surface area contributed by atoms with Crippen LogP contribution in [0.2, 0.25) is 36.3 Å². The van der Waals surface area contributed by atoms with Crippen LogP contribution in [0.5, 0.6) is 11.5 Å². The molecule has 808 valence electrons. The number of nitrogens with zero attached hydrogens (tertiary/aromatic N) is 9. The van der Waals surface area contributed by atoms with Gasteiger partial charge in [0.25, 0.3) is 17.6 Å². The van der Waals surface area contributed by atoms with Gasteiger partial charge in [0.05, 0.1) is 75.9 Å². The van der Waals surface area contributed by atoms with Crippen molar-refractivity contribution in [3.63, 3.8) is 0 Å². The van der Waals surface area contributed by atoms with Crippen molar-refractivity contribution in [2.45, 2.75) is 392 Å². The Bertz CT molecular complexity index is 5060. The summed E-state index contributed by atoms with van der Waals surface area (Å²) >= 11 is 0. The number of fused-ring (bicyclic) bond motifs is 10. The Morgan fingerprint density at radius 1 is 0.549 bits per heavy atom. The highest BCUT2D eigenvalue weighted by molar-refractivity contribution is 6.74. The first-order valence-corrected chi connectivity index (χ1v) is 52.1. The first kappa shape index (κ1) is 129. The summed E-state index contributed by atoms with van der Waals surface area (Å²) in [5.41, 5.74) is 22.8. The van der Waals surface area contributed by atoms with E-state index in [9.17, 15) is 71.3 Å². The van der Waals surface area contributed by atoms with Gasteiger partial charge >= 0.3 is 36.3 Å². The molecule has 1 aromatic carbocycles.